The van der Waals surface area contributed by atoms with E-state index >= 15 is 0 Å². The van der Waals surface area contributed by atoms with Crippen LogP contribution in [0, 0.1) is 5.41 Å². The van der Waals surface area contributed by atoms with E-state index in [4.69, 9.17) is 0 Å². The van der Waals surface area contributed by atoms with Crippen LogP contribution in [0.15, 0.2) is 0 Å². The van der Waals surface area contributed by atoms with Crippen LogP contribution in [0.25, 0.3) is 0 Å². The lowest BCUT2D eigenvalue weighted by Crippen LogP contribution is -2.57. The van der Waals surface area contributed by atoms with Crippen LogP contribution in [0.2, 0.25) is 0 Å². The minimum atomic E-state index is 0.729. The summed E-state index contributed by atoms with van der Waals surface area (Å²) in [6.45, 7) is 9.42. The van der Waals surface area contributed by atoms with E-state index in [1.165, 1.54) is 45.4 Å². The van der Waals surface area contributed by atoms with Crippen molar-refractivity contribution < 1.29 is 0 Å². The predicted octanol–water partition coefficient (Wildman–Crippen LogP) is 1.72. The van der Waals surface area contributed by atoms with Gasteiger partial charge in [-0.3, -0.25) is 0 Å². The van der Waals surface area contributed by atoms with Crippen molar-refractivity contribution in [2.24, 2.45) is 5.41 Å². The van der Waals surface area contributed by atoms with Crippen LogP contribution in [0.1, 0.15) is 33.1 Å². The Morgan fingerprint density at radius 2 is 1.62 bits per heavy atom. The monoisotopic (exact) mass is 184 g/mol. The summed E-state index contributed by atoms with van der Waals surface area (Å²) < 4.78 is 0. The Balaban J connectivity index is 0.000000251. The van der Waals surface area contributed by atoms with E-state index in [1.807, 2.05) is 0 Å². The quantitative estimate of drug-likeness (QED) is 0.616. The van der Waals surface area contributed by atoms with Crippen molar-refractivity contribution in [2.45, 2.75) is 33.1 Å². The average Bonchev–Trinajstić information content (AvgIpc) is 2.04. The number of nitrogens with one attached hydrogen (secondary N) is 1. The molecule has 0 amide bonds. The van der Waals surface area contributed by atoms with Crippen LogP contribution in [0.3, 0.4) is 0 Å². The molecule has 0 bridgehead atoms. The van der Waals surface area contributed by atoms with Gasteiger partial charge in [-0.05, 0) is 38.4 Å². The van der Waals surface area contributed by atoms with Gasteiger partial charge in [-0.25, -0.2) is 0 Å². The maximum Gasteiger partial charge on any atom is 0.00212 e. The Kier molecular flexibility index (Phi) is 4.20. The SMILES string of the molecule is CCC.CN1CCC2(CC1)CNC2. The zero-order chi connectivity index (χ0) is 9.73. The topological polar surface area (TPSA) is 15.3 Å². The summed E-state index contributed by atoms with van der Waals surface area (Å²) in [5, 5.41) is 3.37. The number of rotatable bonds is 0. The van der Waals surface area contributed by atoms with Crippen molar-refractivity contribution in [2.75, 3.05) is 33.2 Å². The van der Waals surface area contributed by atoms with Gasteiger partial charge in [-0.1, -0.05) is 20.3 Å². The Bertz CT molecular complexity index is 131. The number of piperidine rings is 1. The number of hydrogen-bond acceptors (Lipinski definition) is 2. The van der Waals surface area contributed by atoms with Crippen LogP contribution in [-0.2, 0) is 0 Å². The molecule has 2 rings (SSSR count). The number of likely N-dealkylation sites (tertiary alicyclic amines) is 1. The second-order valence-corrected chi connectivity index (χ2v) is 4.61. The molecular formula is C11H24N2. The first kappa shape index (κ1) is 11.0. The van der Waals surface area contributed by atoms with E-state index in [2.05, 4.69) is 31.1 Å². The molecule has 0 atom stereocenters. The minimum absolute atomic E-state index is 0.729. The van der Waals surface area contributed by atoms with Crippen LogP contribution >= 0.6 is 0 Å². The maximum atomic E-state index is 3.37. The molecule has 0 aromatic rings. The highest BCUT2D eigenvalue weighted by Gasteiger charge is 2.38. The molecule has 2 fully saturated rings. The van der Waals surface area contributed by atoms with E-state index in [9.17, 15) is 0 Å². The molecule has 1 N–H and O–H groups in total. The molecule has 0 unspecified atom stereocenters. The van der Waals surface area contributed by atoms with Crippen molar-refractivity contribution >= 4 is 0 Å². The predicted molar refractivity (Wildman–Crippen MR) is 58.0 cm³/mol. The molecule has 2 heterocycles. The van der Waals surface area contributed by atoms with E-state index in [-0.39, 0.29) is 0 Å². The Morgan fingerprint density at radius 3 is 1.92 bits per heavy atom. The summed E-state index contributed by atoms with van der Waals surface area (Å²) in [6.07, 6.45) is 4.08. The van der Waals surface area contributed by atoms with Gasteiger partial charge in [0.15, 0.2) is 0 Å². The van der Waals surface area contributed by atoms with Crippen LogP contribution in [0.5, 0.6) is 0 Å². The highest BCUT2D eigenvalue weighted by atomic mass is 15.1. The summed E-state index contributed by atoms with van der Waals surface area (Å²) >= 11 is 0. The lowest BCUT2D eigenvalue weighted by molar-refractivity contribution is 0.0671. The maximum absolute atomic E-state index is 3.37. The second-order valence-electron chi connectivity index (χ2n) is 4.61. The van der Waals surface area contributed by atoms with Crippen LogP contribution < -0.4 is 5.32 Å². The summed E-state index contributed by atoms with van der Waals surface area (Å²) in [5.74, 6) is 0. The molecule has 2 heteroatoms. The third-order valence-electron chi connectivity index (χ3n) is 3.05. The summed E-state index contributed by atoms with van der Waals surface area (Å²) in [6, 6.07) is 0. The molecule has 0 aromatic heterocycles. The fourth-order valence-electron chi connectivity index (χ4n) is 1.92. The van der Waals surface area contributed by atoms with Crippen LogP contribution in [-0.4, -0.2) is 38.1 Å². The first-order valence-electron chi connectivity index (χ1n) is 5.62. The third-order valence-corrected chi connectivity index (χ3v) is 3.05. The molecule has 2 aliphatic rings. The molecule has 2 aliphatic heterocycles. The van der Waals surface area contributed by atoms with Crippen LogP contribution in [0.4, 0.5) is 0 Å². The number of nitrogens with zero attached hydrogens (tertiary/aromatic N) is 1. The van der Waals surface area contributed by atoms with Gasteiger partial charge in [0.05, 0.1) is 0 Å². The molecule has 2 nitrogen and oxygen atoms in total. The van der Waals surface area contributed by atoms with E-state index in [0.717, 1.165) is 5.41 Å². The second kappa shape index (κ2) is 4.97. The Labute approximate surface area is 82.7 Å². The van der Waals surface area contributed by atoms with Gasteiger partial charge in [0, 0.05) is 13.1 Å². The summed E-state index contributed by atoms with van der Waals surface area (Å²) in [4.78, 5) is 2.43. The highest BCUT2D eigenvalue weighted by Crippen LogP contribution is 2.34. The minimum Gasteiger partial charge on any atom is -0.316 e. The van der Waals surface area contributed by atoms with Crippen molar-refractivity contribution in [1.29, 1.82) is 0 Å². The Morgan fingerprint density at radius 1 is 1.15 bits per heavy atom. The van der Waals surface area contributed by atoms with Crippen molar-refractivity contribution in [1.82, 2.24) is 10.2 Å². The first-order chi connectivity index (χ1) is 6.22. The molecule has 0 saturated carbocycles. The molecule has 1 spiro atoms. The molecule has 13 heavy (non-hydrogen) atoms. The average molecular weight is 184 g/mol. The summed E-state index contributed by atoms with van der Waals surface area (Å²) in [7, 11) is 2.22. The lowest BCUT2D eigenvalue weighted by atomic mass is 9.74. The lowest BCUT2D eigenvalue weighted by Gasteiger charge is -2.47. The zero-order valence-electron chi connectivity index (χ0n) is 9.40. The number of hydrogen-bond donors (Lipinski definition) is 1. The summed E-state index contributed by atoms with van der Waals surface area (Å²) in [5.41, 5.74) is 0.729. The molecule has 0 aromatic carbocycles. The van der Waals surface area contributed by atoms with E-state index in [1.54, 1.807) is 0 Å². The molecule has 0 radical (unpaired) electrons. The molecule has 2 saturated heterocycles. The van der Waals surface area contributed by atoms with Gasteiger partial charge in [0.25, 0.3) is 0 Å². The standard InChI is InChI=1S/C8H16N2.C3H8/c1-10-4-2-8(3-5-10)6-9-7-8;1-3-2/h9H,2-7H2,1H3;3H2,1-2H3. The fourth-order valence-corrected chi connectivity index (χ4v) is 1.92. The molecule has 78 valence electrons. The first-order valence-corrected chi connectivity index (χ1v) is 5.62. The van der Waals surface area contributed by atoms with E-state index in [0.29, 0.717) is 0 Å². The van der Waals surface area contributed by atoms with Gasteiger partial charge >= 0.3 is 0 Å². The normalized spacial score (nSPS) is 26.1. The Hall–Kier alpha value is -0.0800. The van der Waals surface area contributed by atoms with Gasteiger partial charge in [0.1, 0.15) is 0 Å². The van der Waals surface area contributed by atoms with Gasteiger partial charge < -0.3 is 10.2 Å². The molecular weight excluding hydrogens is 160 g/mol. The van der Waals surface area contributed by atoms with Crippen molar-refractivity contribution in [3.05, 3.63) is 0 Å². The molecule has 0 aliphatic carbocycles. The van der Waals surface area contributed by atoms with Gasteiger partial charge in [0.2, 0.25) is 0 Å². The van der Waals surface area contributed by atoms with Crippen molar-refractivity contribution in [3.63, 3.8) is 0 Å². The zero-order valence-corrected chi connectivity index (χ0v) is 9.40. The van der Waals surface area contributed by atoms with Crippen molar-refractivity contribution in [3.8, 4) is 0 Å². The highest BCUT2D eigenvalue weighted by molar-refractivity contribution is 4.95. The third kappa shape index (κ3) is 2.96. The largest absolute Gasteiger partial charge is 0.316 e. The smallest absolute Gasteiger partial charge is 0.00212 e. The van der Waals surface area contributed by atoms with Gasteiger partial charge in [-0.15, -0.1) is 0 Å². The van der Waals surface area contributed by atoms with E-state index < -0.39 is 0 Å². The fraction of sp³-hybridized carbons (Fsp3) is 1.00. The van der Waals surface area contributed by atoms with Gasteiger partial charge in [-0.2, -0.15) is 0 Å².